The van der Waals surface area contributed by atoms with Gasteiger partial charge in [0.2, 0.25) is 0 Å². The minimum Gasteiger partial charge on any atom is -0.206 e. The van der Waals surface area contributed by atoms with Crippen LogP contribution in [0.3, 0.4) is 0 Å². The molecular formula is C23H21F3. The normalized spacial score (nSPS) is 10.9. The second kappa shape index (κ2) is 8.22. The van der Waals surface area contributed by atoms with Gasteiger partial charge in [0.25, 0.3) is 6.08 Å². The molecule has 0 fully saturated rings. The molecule has 0 aliphatic heterocycles. The van der Waals surface area contributed by atoms with Crippen molar-refractivity contribution in [3.05, 3.63) is 77.6 Å². The molecule has 0 radical (unpaired) electrons. The predicted octanol–water partition coefficient (Wildman–Crippen LogP) is 7.62. The topological polar surface area (TPSA) is 0 Å². The Bertz CT molecular complexity index is 937. The zero-order chi connectivity index (χ0) is 18.5. The van der Waals surface area contributed by atoms with E-state index in [4.69, 9.17) is 0 Å². The van der Waals surface area contributed by atoms with Gasteiger partial charge in [0.05, 0.1) is 0 Å². The van der Waals surface area contributed by atoms with Gasteiger partial charge in [-0.05, 0) is 58.5 Å². The minimum absolute atomic E-state index is 0.225. The van der Waals surface area contributed by atoms with E-state index in [2.05, 4.69) is 6.92 Å². The molecule has 0 saturated heterocycles. The van der Waals surface area contributed by atoms with Crippen molar-refractivity contribution < 1.29 is 13.2 Å². The van der Waals surface area contributed by atoms with Gasteiger partial charge < -0.3 is 0 Å². The zero-order valence-electron chi connectivity index (χ0n) is 14.7. The highest BCUT2D eigenvalue weighted by Crippen LogP contribution is 2.28. The number of aryl methyl sites for hydroxylation is 1. The van der Waals surface area contributed by atoms with Crippen molar-refractivity contribution in [2.75, 3.05) is 0 Å². The lowest BCUT2D eigenvalue weighted by atomic mass is 9.97. The van der Waals surface area contributed by atoms with Crippen molar-refractivity contribution in [1.82, 2.24) is 0 Å². The molecule has 0 atom stereocenters. The van der Waals surface area contributed by atoms with E-state index >= 15 is 0 Å². The van der Waals surface area contributed by atoms with E-state index in [1.807, 2.05) is 30.3 Å². The van der Waals surface area contributed by atoms with Gasteiger partial charge in [-0.2, -0.15) is 8.78 Å². The van der Waals surface area contributed by atoms with E-state index in [9.17, 15) is 13.2 Å². The van der Waals surface area contributed by atoms with E-state index in [-0.39, 0.29) is 5.82 Å². The van der Waals surface area contributed by atoms with Gasteiger partial charge in [-0.25, -0.2) is 4.39 Å². The maximum absolute atomic E-state index is 14.6. The van der Waals surface area contributed by atoms with Crippen LogP contribution in [-0.2, 0) is 6.42 Å². The van der Waals surface area contributed by atoms with Crippen molar-refractivity contribution in [3.8, 4) is 11.1 Å². The summed E-state index contributed by atoms with van der Waals surface area (Å²) in [4.78, 5) is 0. The molecule has 3 rings (SSSR count). The van der Waals surface area contributed by atoms with Crippen molar-refractivity contribution in [2.45, 2.75) is 32.6 Å². The number of rotatable bonds is 6. The van der Waals surface area contributed by atoms with Gasteiger partial charge >= 0.3 is 0 Å². The van der Waals surface area contributed by atoms with E-state index < -0.39 is 6.08 Å². The first kappa shape index (κ1) is 18.2. The summed E-state index contributed by atoms with van der Waals surface area (Å²) in [6, 6.07) is 16.1. The Morgan fingerprint density at radius 1 is 0.885 bits per heavy atom. The average Bonchev–Trinajstić information content (AvgIpc) is 2.61. The zero-order valence-corrected chi connectivity index (χ0v) is 14.7. The summed E-state index contributed by atoms with van der Waals surface area (Å²) in [5.41, 5.74) is 2.82. The van der Waals surface area contributed by atoms with E-state index in [0.29, 0.717) is 11.1 Å². The maximum atomic E-state index is 14.6. The number of fused-ring (bicyclic) bond motifs is 1. The van der Waals surface area contributed by atoms with Crippen molar-refractivity contribution in [1.29, 1.82) is 0 Å². The molecule has 0 aliphatic carbocycles. The average molecular weight is 354 g/mol. The molecule has 3 heteroatoms. The number of halogens is 3. The quantitative estimate of drug-likeness (QED) is 0.399. The molecule has 0 saturated carbocycles. The molecule has 26 heavy (non-hydrogen) atoms. The molecule has 3 aromatic rings. The molecule has 0 heterocycles. The molecule has 0 aliphatic rings. The third kappa shape index (κ3) is 4.34. The van der Waals surface area contributed by atoms with Crippen LogP contribution in [0.2, 0.25) is 0 Å². The van der Waals surface area contributed by atoms with Crippen LogP contribution in [0.1, 0.15) is 37.3 Å². The van der Waals surface area contributed by atoms with Crippen LogP contribution in [0, 0.1) is 5.82 Å². The van der Waals surface area contributed by atoms with Gasteiger partial charge in [-0.3, -0.25) is 0 Å². The lowest BCUT2D eigenvalue weighted by Crippen LogP contribution is -1.90. The monoisotopic (exact) mass is 354 g/mol. The summed E-state index contributed by atoms with van der Waals surface area (Å²) in [5, 5.41) is 1.74. The number of benzene rings is 3. The standard InChI is InChI=1S/C23H21F3/c1-2-3-4-5-16-7-11-21(22(24)13-16)20-10-9-18-12-17(14-23(25)26)6-8-19(18)15-20/h6-15H,2-5H2,1H3. The summed E-state index contributed by atoms with van der Waals surface area (Å²) >= 11 is 0. The second-order valence-corrected chi connectivity index (χ2v) is 6.53. The first-order valence-electron chi connectivity index (χ1n) is 8.92. The summed E-state index contributed by atoms with van der Waals surface area (Å²) in [5.74, 6) is -0.225. The lowest BCUT2D eigenvalue weighted by molar-refractivity contribution is 0.429. The van der Waals surface area contributed by atoms with Crippen LogP contribution in [0.4, 0.5) is 13.2 Å². The highest BCUT2D eigenvalue weighted by atomic mass is 19.3. The van der Waals surface area contributed by atoms with Crippen LogP contribution in [0.5, 0.6) is 0 Å². The van der Waals surface area contributed by atoms with Gasteiger partial charge in [-0.15, -0.1) is 0 Å². The molecule has 0 amide bonds. The van der Waals surface area contributed by atoms with Gasteiger partial charge in [-0.1, -0.05) is 56.2 Å². The fourth-order valence-electron chi connectivity index (χ4n) is 3.17. The first-order chi connectivity index (χ1) is 12.6. The van der Waals surface area contributed by atoms with Crippen LogP contribution in [0.25, 0.3) is 28.0 Å². The Morgan fingerprint density at radius 3 is 2.38 bits per heavy atom. The SMILES string of the molecule is CCCCCc1ccc(-c2ccc3cc(C=C(F)F)ccc3c2)c(F)c1. The molecule has 3 aromatic carbocycles. The number of hydrogen-bond acceptors (Lipinski definition) is 0. The van der Waals surface area contributed by atoms with Gasteiger partial charge in [0.1, 0.15) is 5.82 Å². The van der Waals surface area contributed by atoms with Crippen LogP contribution in [-0.4, -0.2) is 0 Å². The highest BCUT2D eigenvalue weighted by molar-refractivity contribution is 5.89. The van der Waals surface area contributed by atoms with Crippen molar-refractivity contribution in [3.63, 3.8) is 0 Å². The predicted molar refractivity (Wildman–Crippen MR) is 103 cm³/mol. The van der Waals surface area contributed by atoms with E-state index in [1.165, 1.54) is 0 Å². The molecule has 0 aromatic heterocycles. The minimum atomic E-state index is -1.72. The molecule has 0 spiro atoms. The maximum Gasteiger partial charge on any atom is 0.270 e. The largest absolute Gasteiger partial charge is 0.270 e. The van der Waals surface area contributed by atoms with E-state index in [0.717, 1.165) is 53.7 Å². The smallest absolute Gasteiger partial charge is 0.206 e. The Labute approximate surface area is 152 Å². The molecule has 0 nitrogen and oxygen atoms in total. The molecule has 0 N–H and O–H groups in total. The van der Waals surface area contributed by atoms with Crippen LogP contribution < -0.4 is 0 Å². The van der Waals surface area contributed by atoms with Crippen LogP contribution in [0.15, 0.2) is 60.7 Å². The number of hydrogen-bond donors (Lipinski definition) is 0. The lowest BCUT2D eigenvalue weighted by Gasteiger charge is -2.08. The highest BCUT2D eigenvalue weighted by Gasteiger charge is 2.08. The second-order valence-electron chi connectivity index (χ2n) is 6.53. The fourth-order valence-corrected chi connectivity index (χ4v) is 3.17. The van der Waals surface area contributed by atoms with Crippen LogP contribution >= 0.6 is 0 Å². The van der Waals surface area contributed by atoms with Gasteiger partial charge in [0.15, 0.2) is 0 Å². The summed E-state index contributed by atoms with van der Waals surface area (Å²) in [7, 11) is 0. The van der Waals surface area contributed by atoms with Crippen molar-refractivity contribution in [2.24, 2.45) is 0 Å². The fraction of sp³-hybridized carbons (Fsp3) is 0.217. The Kier molecular flexibility index (Phi) is 5.77. The summed E-state index contributed by atoms with van der Waals surface area (Å²) in [6.45, 7) is 2.15. The van der Waals surface area contributed by atoms with Gasteiger partial charge in [0, 0.05) is 11.6 Å². The Balaban J connectivity index is 1.89. The Hall–Kier alpha value is -2.55. The first-order valence-corrected chi connectivity index (χ1v) is 8.92. The van der Waals surface area contributed by atoms with E-state index in [1.54, 1.807) is 24.3 Å². The summed E-state index contributed by atoms with van der Waals surface area (Å²) < 4.78 is 39.4. The van der Waals surface area contributed by atoms with Crippen molar-refractivity contribution >= 4 is 16.8 Å². The number of unbranched alkanes of at least 4 members (excludes halogenated alkanes) is 2. The summed E-state index contributed by atoms with van der Waals surface area (Å²) in [6.07, 6.45) is 3.38. The Morgan fingerprint density at radius 2 is 1.65 bits per heavy atom. The third-order valence-electron chi connectivity index (χ3n) is 4.55. The molecule has 134 valence electrons. The molecule has 0 unspecified atom stereocenters. The third-order valence-corrected chi connectivity index (χ3v) is 4.55. The molecular weight excluding hydrogens is 333 g/mol. The molecule has 0 bridgehead atoms.